The lowest BCUT2D eigenvalue weighted by Gasteiger charge is -2.35. The first-order valence-corrected chi connectivity index (χ1v) is 12.6. The van der Waals surface area contributed by atoms with Crippen LogP contribution in [0.15, 0.2) is 0 Å². The van der Waals surface area contributed by atoms with Crippen LogP contribution in [-0.4, -0.2) is 130 Å². The van der Waals surface area contributed by atoms with Gasteiger partial charge in [-0.15, -0.1) is 0 Å². The van der Waals surface area contributed by atoms with E-state index in [1.54, 1.807) is 7.11 Å². The number of rotatable bonds is 15. The molecule has 182 valence electrons. The van der Waals surface area contributed by atoms with Crippen LogP contribution in [0.2, 0.25) is 0 Å². The maximum atomic E-state index is 12.9. The van der Waals surface area contributed by atoms with Gasteiger partial charge in [0.15, 0.2) is 0 Å². The second-order valence-electron chi connectivity index (χ2n) is 7.13. The van der Waals surface area contributed by atoms with Crippen molar-refractivity contribution in [1.82, 2.24) is 0 Å². The van der Waals surface area contributed by atoms with Gasteiger partial charge in [-0.1, -0.05) is 11.8 Å². The molecule has 2 aliphatic rings. The smallest absolute Gasteiger partial charge is 0.120 e. The molecule has 0 bridgehead atoms. The van der Waals surface area contributed by atoms with E-state index < -0.39 is 62.0 Å². The molecule has 3 unspecified atom stereocenters. The lowest BCUT2D eigenvalue weighted by molar-refractivity contribution is -0.218. The van der Waals surface area contributed by atoms with Crippen LogP contribution in [0.5, 0.6) is 0 Å². The molecule has 0 aromatic heterocycles. The van der Waals surface area contributed by atoms with Gasteiger partial charge in [-0.25, -0.2) is 0 Å². The van der Waals surface area contributed by atoms with Crippen LogP contribution in [-0.2, 0) is 54.0 Å². The van der Waals surface area contributed by atoms with Crippen LogP contribution in [0.4, 0.5) is 0 Å². The highest BCUT2D eigenvalue weighted by Gasteiger charge is 2.46. The quantitative estimate of drug-likeness (QED) is 0.151. The lowest BCUT2D eigenvalue weighted by atomic mass is 9.93. The zero-order valence-electron chi connectivity index (χ0n) is 18.4. The maximum absolute atomic E-state index is 12.9. The van der Waals surface area contributed by atoms with E-state index >= 15 is 0 Å². The van der Waals surface area contributed by atoms with E-state index in [9.17, 15) is 10.00 Å². The second-order valence-corrected chi connectivity index (χ2v) is 9.84. The number of ether oxygens (including phenoxy) is 7. The van der Waals surface area contributed by atoms with Gasteiger partial charge in [-0.05, 0) is 0 Å². The highest BCUT2D eigenvalue weighted by atomic mass is 32.5. The van der Waals surface area contributed by atoms with Gasteiger partial charge in [-0.2, -0.15) is 0 Å². The molecule has 4 radical (unpaired) electrons. The van der Waals surface area contributed by atoms with E-state index in [0.717, 1.165) is 0 Å². The Balaban J connectivity index is 1.95. The summed E-state index contributed by atoms with van der Waals surface area (Å²) in [6, 6.07) is -1.70. The summed E-state index contributed by atoms with van der Waals surface area (Å²) in [5.74, 6) is 0. The van der Waals surface area contributed by atoms with Gasteiger partial charge in [0, 0.05) is 33.3 Å². The van der Waals surface area contributed by atoms with Gasteiger partial charge < -0.3 is 52.2 Å². The number of aliphatic hydroxyl groups is 1. The summed E-state index contributed by atoms with van der Waals surface area (Å²) in [6.07, 6.45) is -4.59. The summed E-state index contributed by atoms with van der Waals surface area (Å²) in [7, 11) is 16.4. The van der Waals surface area contributed by atoms with Crippen molar-refractivity contribution in [1.29, 1.82) is 0 Å². The van der Waals surface area contributed by atoms with E-state index in [4.69, 9.17) is 69.7 Å². The predicted molar refractivity (Wildman–Crippen MR) is 115 cm³/mol. The van der Waals surface area contributed by atoms with Crippen molar-refractivity contribution < 1.29 is 52.2 Å². The molecule has 0 aliphatic carbocycles. The Hall–Kier alpha value is 0.340. The Kier molecular flexibility index (Phi) is 12.5. The number of aliphatic hydroxyl groups excluding tert-OH is 1. The van der Waals surface area contributed by atoms with Crippen molar-refractivity contribution in [3.8, 4) is 0 Å². The topological polar surface area (TPSA) is 126 Å². The molecule has 2 fully saturated rings. The molecule has 15 heteroatoms. The van der Waals surface area contributed by atoms with Gasteiger partial charge >= 0.3 is 0 Å². The van der Waals surface area contributed by atoms with Crippen LogP contribution in [0.25, 0.3) is 0 Å². The molecule has 32 heavy (non-hydrogen) atoms. The minimum Gasteiger partial charge on any atom is -0.780 e. The second kappa shape index (κ2) is 14.0. The van der Waals surface area contributed by atoms with Gasteiger partial charge in [0.05, 0.1) is 39.6 Å². The molecule has 0 spiro atoms. The summed E-state index contributed by atoms with van der Waals surface area (Å²) >= 11 is 5.04. The van der Waals surface area contributed by atoms with E-state index in [-0.39, 0.29) is 13.2 Å². The van der Waals surface area contributed by atoms with Crippen molar-refractivity contribution in [2.45, 2.75) is 48.6 Å². The Labute approximate surface area is 196 Å². The third kappa shape index (κ3) is 7.94. The molecule has 1 N–H and O–H groups in total. The fourth-order valence-electron chi connectivity index (χ4n) is 3.46. The summed E-state index contributed by atoms with van der Waals surface area (Å²) in [5.41, 5.74) is 0. The van der Waals surface area contributed by atoms with Gasteiger partial charge in [-0.3, -0.25) is 0 Å². The molecule has 0 saturated carbocycles. The van der Waals surface area contributed by atoms with Gasteiger partial charge in [0.1, 0.15) is 59.0 Å². The molecule has 2 aliphatic heterocycles. The average Bonchev–Trinajstić information content (AvgIpc) is 3.22. The molecule has 9 atom stereocenters. The standard InChI is InChI=1S/C17H31B2O11PS/c1-22-4-6-25-14-12(24-3)11(29-16(14)18)9-27-31(21,32)30-13-10(8-20)28-17(19)15(13)26-7-5-23-2/h10-17,20H,4-9H2,1-3H3,(H,21,32)/p-1/t10-,11-,12+,13+,14?,15?,16-,17-,31?/m1/s1. The lowest BCUT2D eigenvalue weighted by Crippen LogP contribution is -2.41. The molecular formula is C17H30B2O11PS-. The molecule has 0 aromatic carbocycles. The fourth-order valence-corrected chi connectivity index (χ4v) is 4.89. The van der Waals surface area contributed by atoms with Crippen molar-refractivity contribution in [3.05, 3.63) is 0 Å². The average molecular weight is 495 g/mol. The van der Waals surface area contributed by atoms with Crippen LogP contribution < -0.4 is 4.89 Å². The van der Waals surface area contributed by atoms with Gasteiger partial charge in [0.25, 0.3) is 0 Å². The molecule has 2 heterocycles. The first-order chi connectivity index (χ1) is 15.3. The zero-order valence-corrected chi connectivity index (χ0v) is 20.1. The summed E-state index contributed by atoms with van der Waals surface area (Å²) in [5, 5.41) is 9.58. The Morgan fingerprint density at radius 3 is 1.91 bits per heavy atom. The summed E-state index contributed by atoms with van der Waals surface area (Å²) in [4.78, 5) is 12.9. The van der Waals surface area contributed by atoms with Crippen LogP contribution in [0, 0.1) is 0 Å². The van der Waals surface area contributed by atoms with Crippen molar-refractivity contribution in [3.63, 3.8) is 0 Å². The predicted octanol–water partition coefficient (Wildman–Crippen LogP) is -2.17. The van der Waals surface area contributed by atoms with Crippen molar-refractivity contribution in [2.24, 2.45) is 0 Å². The summed E-state index contributed by atoms with van der Waals surface area (Å²) < 4.78 is 48.6. The minimum absolute atomic E-state index is 0.187. The van der Waals surface area contributed by atoms with Crippen LogP contribution >= 0.6 is 6.72 Å². The highest BCUT2D eigenvalue weighted by Crippen LogP contribution is 2.45. The summed E-state index contributed by atoms with van der Waals surface area (Å²) in [6.45, 7) is -3.57. The minimum atomic E-state index is -4.06. The highest BCUT2D eigenvalue weighted by molar-refractivity contribution is 8.06. The van der Waals surface area contributed by atoms with E-state index in [0.29, 0.717) is 19.8 Å². The fraction of sp³-hybridized carbons (Fsp3) is 1.00. The largest absolute Gasteiger partial charge is 0.780 e. The van der Waals surface area contributed by atoms with E-state index in [2.05, 4.69) is 0 Å². The Morgan fingerprint density at radius 1 is 0.875 bits per heavy atom. The number of methoxy groups -OCH3 is 3. The maximum Gasteiger partial charge on any atom is 0.120 e. The SMILES string of the molecule is [B][C@@H]1O[C@H](COP([O-])(=S)O[C@@H]2C(OCCOC)[C@H]([B])O[C@@H]2CO)[C@H](OC)C1OCCOC. The molecule has 0 amide bonds. The molecule has 2 saturated heterocycles. The first-order valence-electron chi connectivity index (χ1n) is 10.1. The third-order valence-corrected chi connectivity index (χ3v) is 6.53. The van der Waals surface area contributed by atoms with Crippen LogP contribution in [0.3, 0.4) is 0 Å². The molecule has 2 rings (SSSR count). The monoisotopic (exact) mass is 495 g/mol. The van der Waals surface area contributed by atoms with Crippen molar-refractivity contribution >= 4 is 34.2 Å². The number of hydrogen-bond acceptors (Lipinski definition) is 12. The van der Waals surface area contributed by atoms with Crippen LogP contribution in [0.1, 0.15) is 0 Å². The zero-order chi connectivity index (χ0) is 23.7. The molecule has 0 aromatic rings. The van der Waals surface area contributed by atoms with Gasteiger partial charge in [0.2, 0.25) is 0 Å². The Morgan fingerprint density at radius 2 is 1.41 bits per heavy atom. The number of hydrogen-bond donors (Lipinski definition) is 1. The Bertz CT molecular complexity index is 595. The third-order valence-electron chi connectivity index (χ3n) is 4.99. The normalized spacial score (nSPS) is 37.0. The van der Waals surface area contributed by atoms with E-state index in [1.807, 2.05) is 0 Å². The van der Waals surface area contributed by atoms with E-state index in [1.165, 1.54) is 14.2 Å². The molecular weight excluding hydrogens is 465 g/mol. The molecule has 11 nitrogen and oxygen atoms in total. The van der Waals surface area contributed by atoms with Crippen molar-refractivity contribution in [2.75, 3.05) is 61.0 Å². The first kappa shape index (κ1) is 28.6.